The molecule has 0 radical (unpaired) electrons. The van der Waals surface area contributed by atoms with Gasteiger partial charge in [-0.05, 0) is 24.6 Å². The predicted octanol–water partition coefficient (Wildman–Crippen LogP) is 2.24. The molecule has 0 aliphatic rings. The zero-order valence-electron chi connectivity index (χ0n) is 11.4. The highest BCUT2D eigenvalue weighted by Gasteiger charge is 2.19. The number of carbonyl (C=O) groups is 1. The maximum Gasteiger partial charge on any atom is 0.341 e. The molecule has 0 fully saturated rings. The zero-order chi connectivity index (χ0) is 15.4. The summed E-state index contributed by atoms with van der Waals surface area (Å²) >= 11 is 0. The van der Waals surface area contributed by atoms with Crippen LogP contribution in [-0.4, -0.2) is 28.2 Å². The van der Waals surface area contributed by atoms with Gasteiger partial charge in [-0.25, -0.2) is 4.79 Å². The van der Waals surface area contributed by atoms with Gasteiger partial charge in [0.15, 0.2) is 5.75 Å². The number of aromatic amines is 1. The number of H-pyrrole nitrogens is 1. The van der Waals surface area contributed by atoms with E-state index in [0.717, 1.165) is 0 Å². The van der Waals surface area contributed by atoms with E-state index < -0.39 is 17.0 Å². The van der Waals surface area contributed by atoms with Crippen LogP contribution in [0, 0.1) is 10.1 Å². The number of nitrogens with zero attached hydrogens (tertiary/aromatic N) is 2. The lowest BCUT2D eigenvalue weighted by molar-refractivity contribution is -0.385. The van der Waals surface area contributed by atoms with Gasteiger partial charge in [-0.1, -0.05) is 0 Å². The number of methoxy groups -OCH3 is 1. The highest BCUT2D eigenvalue weighted by atomic mass is 16.6. The number of benzene rings is 1. The van der Waals surface area contributed by atoms with Crippen LogP contribution >= 0.6 is 0 Å². The standard InChI is InChI=1S/C13H13N3O5/c1-8(21-13(17)10-6-14-15-7-10)9-3-4-11(16(18)19)12(5-9)20-2/h3-8H,1-2H3,(H,14,15). The Kier molecular flexibility index (Phi) is 4.17. The number of aromatic nitrogens is 2. The third kappa shape index (κ3) is 3.16. The molecule has 0 aliphatic carbocycles. The number of nitro groups is 1. The van der Waals surface area contributed by atoms with Crippen molar-refractivity contribution in [2.24, 2.45) is 0 Å². The molecule has 2 rings (SSSR count). The lowest BCUT2D eigenvalue weighted by atomic mass is 10.1. The Morgan fingerprint density at radius 1 is 1.48 bits per heavy atom. The Morgan fingerprint density at radius 2 is 2.24 bits per heavy atom. The summed E-state index contributed by atoms with van der Waals surface area (Å²) in [5, 5.41) is 17.0. The van der Waals surface area contributed by atoms with E-state index in [-0.39, 0.29) is 11.4 Å². The summed E-state index contributed by atoms with van der Waals surface area (Å²) in [5.41, 5.74) is 0.750. The van der Waals surface area contributed by atoms with Crippen molar-refractivity contribution >= 4 is 11.7 Å². The van der Waals surface area contributed by atoms with Crippen LogP contribution in [0.25, 0.3) is 0 Å². The van der Waals surface area contributed by atoms with Crippen molar-refractivity contribution in [2.45, 2.75) is 13.0 Å². The van der Waals surface area contributed by atoms with E-state index in [0.29, 0.717) is 11.1 Å². The molecule has 0 spiro atoms. The van der Waals surface area contributed by atoms with Crippen molar-refractivity contribution in [3.8, 4) is 5.75 Å². The maximum atomic E-state index is 11.8. The van der Waals surface area contributed by atoms with E-state index in [2.05, 4.69) is 10.2 Å². The average Bonchev–Trinajstić information content (AvgIpc) is 3.00. The first-order chi connectivity index (χ1) is 10.0. The minimum Gasteiger partial charge on any atom is -0.490 e. The molecular formula is C13H13N3O5. The number of nitrogens with one attached hydrogen (secondary N) is 1. The third-order valence-electron chi connectivity index (χ3n) is 2.89. The Morgan fingerprint density at radius 3 is 2.81 bits per heavy atom. The number of rotatable bonds is 5. The molecule has 1 atom stereocenters. The minimum atomic E-state index is -0.581. The number of carbonyl (C=O) groups excluding carboxylic acids is 1. The number of esters is 1. The molecule has 8 heteroatoms. The molecule has 1 heterocycles. The van der Waals surface area contributed by atoms with Gasteiger partial charge in [-0.15, -0.1) is 0 Å². The molecule has 0 saturated carbocycles. The molecule has 0 aliphatic heterocycles. The Bertz CT molecular complexity index is 654. The van der Waals surface area contributed by atoms with Crippen LogP contribution in [0.1, 0.15) is 28.9 Å². The first-order valence-electron chi connectivity index (χ1n) is 6.05. The van der Waals surface area contributed by atoms with Gasteiger partial charge in [0.05, 0.1) is 23.8 Å². The largest absolute Gasteiger partial charge is 0.490 e. The molecule has 110 valence electrons. The topological polar surface area (TPSA) is 107 Å². The summed E-state index contributed by atoms with van der Waals surface area (Å²) in [4.78, 5) is 22.1. The van der Waals surface area contributed by atoms with Crippen LogP contribution in [0.15, 0.2) is 30.6 Å². The molecule has 0 bridgehead atoms. The lowest BCUT2D eigenvalue weighted by Gasteiger charge is -2.14. The van der Waals surface area contributed by atoms with E-state index in [1.807, 2.05) is 0 Å². The molecule has 8 nitrogen and oxygen atoms in total. The number of hydrogen-bond acceptors (Lipinski definition) is 6. The van der Waals surface area contributed by atoms with Crippen molar-refractivity contribution in [2.75, 3.05) is 7.11 Å². The summed E-state index contributed by atoms with van der Waals surface area (Å²) in [6.45, 7) is 1.67. The smallest absolute Gasteiger partial charge is 0.341 e. The van der Waals surface area contributed by atoms with E-state index in [4.69, 9.17) is 9.47 Å². The van der Waals surface area contributed by atoms with Gasteiger partial charge in [0, 0.05) is 12.3 Å². The molecule has 1 aromatic carbocycles. The summed E-state index contributed by atoms with van der Waals surface area (Å²) in [7, 11) is 1.34. The quantitative estimate of drug-likeness (QED) is 0.514. The van der Waals surface area contributed by atoms with Gasteiger partial charge < -0.3 is 9.47 Å². The van der Waals surface area contributed by atoms with Crippen LogP contribution in [-0.2, 0) is 4.74 Å². The molecule has 0 amide bonds. The predicted molar refractivity (Wildman–Crippen MR) is 72.1 cm³/mol. The summed E-state index contributed by atoms with van der Waals surface area (Å²) < 4.78 is 10.2. The third-order valence-corrected chi connectivity index (χ3v) is 2.89. The van der Waals surface area contributed by atoms with E-state index in [1.165, 1.54) is 37.7 Å². The van der Waals surface area contributed by atoms with Gasteiger partial charge >= 0.3 is 11.7 Å². The van der Waals surface area contributed by atoms with Crippen LogP contribution in [0.5, 0.6) is 5.75 Å². The van der Waals surface area contributed by atoms with Crippen LogP contribution in [0.3, 0.4) is 0 Å². The molecule has 2 aromatic rings. The monoisotopic (exact) mass is 291 g/mol. The highest BCUT2D eigenvalue weighted by Crippen LogP contribution is 2.31. The molecule has 1 aromatic heterocycles. The van der Waals surface area contributed by atoms with Crippen LogP contribution in [0.2, 0.25) is 0 Å². The van der Waals surface area contributed by atoms with Crippen LogP contribution in [0.4, 0.5) is 5.69 Å². The second-order valence-electron chi connectivity index (χ2n) is 4.22. The second-order valence-corrected chi connectivity index (χ2v) is 4.22. The van der Waals surface area contributed by atoms with Gasteiger partial charge in [-0.3, -0.25) is 15.2 Å². The first-order valence-corrected chi connectivity index (χ1v) is 6.05. The normalized spacial score (nSPS) is 11.7. The fourth-order valence-corrected chi connectivity index (χ4v) is 1.76. The number of ether oxygens (including phenoxy) is 2. The number of hydrogen-bond donors (Lipinski definition) is 1. The highest BCUT2D eigenvalue weighted by molar-refractivity contribution is 5.88. The molecule has 0 saturated heterocycles. The van der Waals surface area contributed by atoms with Crippen molar-refractivity contribution in [3.05, 3.63) is 51.8 Å². The average molecular weight is 291 g/mol. The van der Waals surface area contributed by atoms with Crippen LogP contribution < -0.4 is 4.74 Å². The van der Waals surface area contributed by atoms with Crippen molar-refractivity contribution in [1.29, 1.82) is 0 Å². The van der Waals surface area contributed by atoms with Gasteiger partial charge in [0.1, 0.15) is 6.10 Å². The second kappa shape index (κ2) is 6.04. The Labute approximate surface area is 119 Å². The molecule has 1 unspecified atom stereocenters. The molecule has 21 heavy (non-hydrogen) atoms. The maximum absolute atomic E-state index is 11.8. The summed E-state index contributed by atoms with van der Waals surface area (Å²) in [5.74, 6) is -0.419. The fraction of sp³-hybridized carbons (Fsp3) is 0.231. The van der Waals surface area contributed by atoms with Crippen molar-refractivity contribution < 1.29 is 19.2 Å². The first kappa shape index (κ1) is 14.5. The van der Waals surface area contributed by atoms with Gasteiger partial charge in [-0.2, -0.15) is 5.10 Å². The Balaban J connectivity index is 2.17. The number of nitro benzene ring substituents is 1. The summed E-state index contributed by atoms with van der Waals surface area (Å²) in [6.07, 6.45) is 2.19. The minimum absolute atomic E-state index is 0.115. The van der Waals surface area contributed by atoms with Gasteiger partial charge in [0.2, 0.25) is 0 Å². The van der Waals surface area contributed by atoms with E-state index in [1.54, 1.807) is 6.92 Å². The zero-order valence-corrected chi connectivity index (χ0v) is 11.4. The lowest BCUT2D eigenvalue weighted by Crippen LogP contribution is -2.09. The van der Waals surface area contributed by atoms with E-state index >= 15 is 0 Å². The fourth-order valence-electron chi connectivity index (χ4n) is 1.76. The summed E-state index contributed by atoms with van der Waals surface area (Å²) in [6, 6.07) is 4.32. The molecular weight excluding hydrogens is 278 g/mol. The van der Waals surface area contributed by atoms with Crippen molar-refractivity contribution in [1.82, 2.24) is 10.2 Å². The molecule has 1 N–H and O–H groups in total. The van der Waals surface area contributed by atoms with E-state index in [9.17, 15) is 14.9 Å². The Hall–Kier alpha value is -2.90. The van der Waals surface area contributed by atoms with Gasteiger partial charge in [0.25, 0.3) is 0 Å². The SMILES string of the molecule is COc1cc(C(C)OC(=O)c2cn[nH]c2)ccc1[N+](=O)[O-]. The van der Waals surface area contributed by atoms with Crippen molar-refractivity contribution in [3.63, 3.8) is 0 Å².